The van der Waals surface area contributed by atoms with E-state index in [-0.39, 0.29) is 0 Å². The molecule has 4 nitrogen and oxygen atoms in total. The molecule has 1 aliphatic heterocycles. The maximum Gasteiger partial charge on any atom is 0.229 e. The topological polar surface area (TPSA) is 64.9 Å². The van der Waals surface area contributed by atoms with Crippen molar-refractivity contribution in [2.75, 3.05) is 5.75 Å². The lowest BCUT2D eigenvalue weighted by atomic mass is 9.86. The Balaban J connectivity index is 1.65. The zero-order valence-electron chi connectivity index (χ0n) is 10.7. The first-order valence-corrected chi connectivity index (χ1v) is 8.08. The zero-order chi connectivity index (χ0) is 12.4. The van der Waals surface area contributed by atoms with Crippen molar-refractivity contribution in [3.05, 3.63) is 11.7 Å². The first kappa shape index (κ1) is 12.5. The van der Waals surface area contributed by atoms with E-state index in [2.05, 4.69) is 10.1 Å². The number of hydrogen-bond donors (Lipinski definition) is 1. The molecule has 1 aromatic heterocycles. The molecule has 0 spiro atoms. The summed E-state index contributed by atoms with van der Waals surface area (Å²) in [6, 6.07) is 0.373. The summed E-state index contributed by atoms with van der Waals surface area (Å²) in [6.07, 6.45) is 8.17. The van der Waals surface area contributed by atoms with E-state index in [1.54, 1.807) is 0 Å². The van der Waals surface area contributed by atoms with Crippen LogP contribution in [0.1, 0.15) is 67.8 Å². The Labute approximate surface area is 112 Å². The molecule has 1 atom stereocenters. The molecule has 2 N–H and O–H groups in total. The van der Waals surface area contributed by atoms with Crippen LogP contribution in [0.25, 0.3) is 0 Å². The highest BCUT2D eigenvalue weighted by Gasteiger charge is 2.27. The van der Waals surface area contributed by atoms with Crippen LogP contribution in [0, 0.1) is 0 Å². The van der Waals surface area contributed by atoms with E-state index >= 15 is 0 Å². The Bertz CT molecular complexity index is 381. The third kappa shape index (κ3) is 2.72. The monoisotopic (exact) mass is 267 g/mol. The molecule has 2 heterocycles. The fourth-order valence-electron chi connectivity index (χ4n) is 2.85. The molecule has 0 aromatic carbocycles. The molecule has 100 valence electrons. The minimum atomic E-state index is 0.373. The van der Waals surface area contributed by atoms with Gasteiger partial charge in [-0.05, 0) is 44.3 Å². The van der Waals surface area contributed by atoms with Crippen molar-refractivity contribution in [1.82, 2.24) is 10.1 Å². The predicted octanol–water partition coefficient (Wildman–Crippen LogP) is 3.01. The lowest BCUT2D eigenvalue weighted by molar-refractivity contribution is 0.299. The van der Waals surface area contributed by atoms with Crippen molar-refractivity contribution >= 4 is 11.8 Å². The molecule has 2 aliphatic rings. The van der Waals surface area contributed by atoms with Gasteiger partial charge in [-0.1, -0.05) is 11.6 Å². The van der Waals surface area contributed by atoms with Crippen LogP contribution >= 0.6 is 11.8 Å². The third-order valence-corrected chi connectivity index (χ3v) is 5.42. The molecule has 18 heavy (non-hydrogen) atoms. The van der Waals surface area contributed by atoms with Crippen LogP contribution in [0.15, 0.2) is 4.52 Å². The van der Waals surface area contributed by atoms with Crippen LogP contribution in [0.4, 0.5) is 0 Å². The molecule has 2 fully saturated rings. The predicted molar refractivity (Wildman–Crippen MR) is 72.5 cm³/mol. The van der Waals surface area contributed by atoms with Gasteiger partial charge in [0.25, 0.3) is 0 Å². The van der Waals surface area contributed by atoms with E-state index in [9.17, 15) is 0 Å². The molecule has 0 amide bonds. The summed E-state index contributed by atoms with van der Waals surface area (Å²) in [6.45, 7) is 0. The maximum atomic E-state index is 5.93. The van der Waals surface area contributed by atoms with Crippen molar-refractivity contribution in [1.29, 1.82) is 0 Å². The molecule has 5 heteroatoms. The quantitative estimate of drug-likeness (QED) is 0.892. The first-order valence-electron chi connectivity index (χ1n) is 7.03. The van der Waals surface area contributed by atoms with E-state index in [1.807, 2.05) is 11.8 Å². The van der Waals surface area contributed by atoms with Gasteiger partial charge >= 0.3 is 0 Å². The minimum Gasteiger partial charge on any atom is -0.339 e. The highest BCUT2D eigenvalue weighted by Crippen LogP contribution is 2.38. The fraction of sp³-hybridized carbons (Fsp3) is 0.846. The van der Waals surface area contributed by atoms with Gasteiger partial charge in [0.15, 0.2) is 5.82 Å². The van der Waals surface area contributed by atoms with E-state index in [4.69, 9.17) is 10.3 Å². The number of hydrogen-bond acceptors (Lipinski definition) is 5. The Kier molecular flexibility index (Phi) is 3.89. The number of nitrogens with zero attached hydrogens (tertiary/aromatic N) is 2. The number of thioether (sulfide) groups is 1. The molecule has 0 bridgehead atoms. The Morgan fingerprint density at radius 1 is 1.11 bits per heavy atom. The molecular weight excluding hydrogens is 246 g/mol. The van der Waals surface area contributed by atoms with E-state index in [0.29, 0.717) is 17.2 Å². The average Bonchev–Trinajstić information content (AvgIpc) is 2.90. The van der Waals surface area contributed by atoms with Crippen molar-refractivity contribution in [3.8, 4) is 0 Å². The van der Waals surface area contributed by atoms with Gasteiger partial charge in [-0.3, -0.25) is 0 Å². The largest absolute Gasteiger partial charge is 0.339 e. The average molecular weight is 267 g/mol. The molecule has 1 unspecified atom stereocenters. The first-order chi connectivity index (χ1) is 8.83. The normalized spacial score (nSPS) is 33.5. The third-order valence-electron chi connectivity index (χ3n) is 4.05. The second-order valence-corrected chi connectivity index (χ2v) is 6.77. The summed E-state index contributed by atoms with van der Waals surface area (Å²) in [5.41, 5.74) is 5.93. The van der Waals surface area contributed by atoms with Crippen LogP contribution in [-0.4, -0.2) is 21.9 Å². The van der Waals surface area contributed by atoms with Crippen LogP contribution in [-0.2, 0) is 0 Å². The summed E-state index contributed by atoms with van der Waals surface area (Å²) < 4.78 is 5.48. The summed E-state index contributed by atoms with van der Waals surface area (Å²) >= 11 is 1.97. The summed E-state index contributed by atoms with van der Waals surface area (Å²) in [7, 11) is 0. The number of nitrogens with two attached hydrogens (primary N) is 1. The highest BCUT2D eigenvalue weighted by atomic mass is 32.2. The van der Waals surface area contributed by atoms with Gasteiger partial charge in [-0.2, -0.15) is 16.7 Å². The van der Waals surface area contributed by atoms with Gasteiger partial charge in [0.05, 0.1) is 5.25 Å². The van der Waals surface area contributed by atoms with Gasteiger partial charge in [-0.25, -0.2) is 0 Å². The van der Waals surface area contributed by atoms with Gasteiger partial charge in [0.1, 0.15) is 0 Å². The number of rotatable bonds is 2. The zero-order valence-corrected chi connectivity index (χ0v) is 11.5. The second-order valence-electron chi connectivity index (χ2n) is 5.46. The Morgan fingerprint density at radius 3 is 2.67 bits per heavy atom. The standard InChI is InChI=1S/C13H21N3OS/c14-10-6-4-9(5-7-10)13-15-12(16-17-13)11-3-1-2-8-18-11/h9-11H,1-8,14H2. The van der Waals surface area contributed by atoms with Crippen LogP contribution in [0.2, 0.25) is 0 Å². The van der Waals surface area contributed by atoms with Crippen molar-refractivity contribution in [3.63, 3.8) is 0 Å². The van der Waals surface area contributed by atoms with E-state index in [0.717, 1.165) is 37.4 Å². The molecule has 3 rings (SSSR count). The van der Waals surface area contributed by atoms with Crippen molar-refractivity contribution in [2.24, 2.45) is 5.73 Å². The van der Waals surface area contributed by atoms with Gasteiger partial charge in [0.2, 0.25) is 5.89 Å². The maximum absolute atomic E-state index is 5.93. The smallest absolute Gasteiger partial charge is 0.229 e. The van der Waals surface area contributed by atoms with E-state index < -0.39 is 0 Å². The van der Waals surface area contributed by atoms with Gasteiger partial charge in [-0.15, -0.1) is 0 Å². The van der Waals surface area contributed by atoms with Gasteiger partial charge in [0, 0.05) is 12.0 Å². The van der Waals surface area contributed by atoms with Crippen LogP contribution in [0.5, 0.6) is 0 Å². The van der Waals surface area contributed by atoms with Crippen LogP contribution in [0.3, 0.4) is 0 Å². The molecule has 1 saturated heterocycles. The van der Waals surface area contributed by atoms with Gasteiger partial charge < -0.3 is 10.3 Å². The second kappa shape index (κ2) is 5.61. The SMILES string of the molecule is NC1CCC(c2nc(C3CCCCS3)no2)CC1. The Morgan fingerprint density at radius 2 is 1.94 bits per heavy atom. The fourth-order valence-corrected chi connectivity index (χ4v) is 4.09. The molecule has 0 radical (unpaired) electrons. The molecule has 1 saturated carbocycles. The summed E-state index contributed by atoms with van der Waals surface area (Å²) in [4.78, 5) is 4.64. The minimum absolute atomic E-state index is 0.373. The number of aromatic nitrogens is 2. The summed E-state index contributed by atoms with van der Waals surface area (Å²) in [5, 5.41) is 4.66. The molecule has 1 aliphatic carbocycles. The molecular formula is C13H21N3OS. The molecule has 1 aromatic rings. The van der Waals surface area contributed by atoms with Crippen molar-refractivity contribution in [2.45, 2.75) is 62.2 Å². The Hall–Kier alpha value is -0.550. The summed E-state index contributed by atoms with van der Waals surface area (Å²) in [5.74, 6) is 3.44. The van der Waals surface area contributed by atoms with Crippen molar-refractivity contribution < 1.29 is 4.52 Å². The highest BCUT2D eigenvalue weighted by molar-refractivity contribution is 7.99. The lowest BCUT2D eigenvalue weighted by Gasteiger charge is -2.23. The lowest BCUT2D eigenvalue weighted by Crippen LogP contribution is -2.25. The van der Waals surface area contributed by atoms with E-state index in [1.165, 1.54) is 25.0 Å². The van der Waals surface area contributed by atoms with Crippen LogP contribution < -0.4 is 5.73 Å².